The topological polar surface area (TPSA) is 38.3 Å². The Morgan fingerprint density at radius 2 is 2.12 bits per heavy atom. The summed E-state index contributed by atoms with van der Waals surface area (Å²) in [5, 5.41) is 2.94. The van der Waals surface area contributed by atoms with E-state index in [0.717, 1.165) is 24.1 Å². The molecular formula is C14H17NO2. The lowest BCUT2D eigenvalue weighted by Gasteiger charge is -2.39. The van der Waals surface area contributed by atoms with Crippen LogP contribution in [0.25, 0.3) is 0 Å². The first-order valence-corrected chi connectivity index (χ1v) is 6.20. The van der Waals surface area contributed by atoms with E-state index in [1.165, 1.54) is 0 Å². The van der Waals surface area contributed by atoms with Crippen LogP contribution in [-0.4, -0.2) is 12.0 Å². The Labute approximate surface area is 101 Å². The zero-order valence-corrected chi connectivity index (χ0v) is 10.2. The predicted octanol–water partition coefficient (Wildman–Crippen LogP) is 2.67. The number of carbonyl (C=O) groups excluding carboxylic acids is 1. The van der Waals surface area contributed by atoms with Crippen LogP contribution in [0.4, 0.5) is 5.69 Å². The Balaban J connectivity index is 2.09. The van der Waals surface area contributed by atoms with Crippen molar-refractivity contribution < 1.29 is 9.53 Å². The number of benzene rings is 1. The molecule has 0 aromatic heterocycles. The molecule has 3 heteroatoms. The number of para-hydroxylation sites is 1. The number of hydrogen-bond donors (Lipinski definition) is 1. The highest BCUT2D eigenvalue weighted by Crippen LogP contribution is 2.47. The smallest absolute Gasteiger partial charge is 0.261 e. The van der Waals surface area contributed by atoms with Crippen LogP contribution in [0.3, 0.4) is 0 Å². The first-order chi connectivity index (χ1) is 8.12. The number of amides is 1. The summed E-state index contributed by atoms with van der Waals surface area (Å²) in [6.07, 6.45) is 1.94. The number of rotatable bonds is 0. The van der Waals surface area contributed by atoms with Gasteiger partial charge >= 0.3 is 0 Å². The summed E-state index contributed by atoms with van der Waals surface area (Å²) < 4.78 is 6.03. The molecule has 0 aliphatic carbocycles. The molecule has 2 heterocycles. The van der Waals surface area contributed by atoms with Crippen LogP contribution in [0.5, 0.6) is 0 Å². The maximum absolute atomic E-state index is 12.3. The molecule has 1 fully saturated rings. The summed E-state index contributed by atoms with van der Waals surface area (Å²) in [7, 11) is 0. The molecule has 2 aliphatic heterocycles. The average molecular weight is 231 g/mol. The lowest BCUT2D eigenvalue weighted by molar-refractivity contribution is -0.165. The number of nitrogens with one attached hydrogen (secondary N) is 1. The first kappa shape index (κ1) is 10.8. The fraction of sp³-hybridized carbons (Fsp3) is 0.500. The summed E-state index contributed by atoms with van der Waals surface area (Å²) in [5.74, 6) is 0.507. The number of ether oxygens (including phenoxy) is 1. The maximum atomic E-state index is 12.3. The van der Waals surface area contributed by atoms with E-state index in [0.29, 0.717) is 5.92 Å². The van der Waals surface area contributed by atoms with E-state index in [9.17, 15) is 4.79 Å². The molecule has 2 aliphatic rings. The zero-order chi connectivity index (χ0) is 12.0. The van der Waals surface area contributed by atoms with Crippen molar-refractivity contribution in [3.63, 3.8) is 0 Å². The van der Waals surface area contributed by atoms with Gasteiger partial charge in [-0.1, -0.05) is 25.1 Å². The highest BCUT2D eigenvalue weighted by molar-refractivity contribution is 6.05. The van der Waals surface area contributed by atoms with E-state index < -0.39 is 5.60 Å². The molecule has 3 atom stereocenters. The van der Waals surface area contributed by atoms with Gasteiger partial charge in [-0.25, -0.2) is 0 Å². The Bertz CT molecular complexity index is 459. The molecule has 1 aromatic rings. The lowest BCUT2D eigenvalue weighted by atomic mass is 9.81. The second-order valence-electron chi connectivity index (χ2n) is 5.30. The van der Waals surface area contributed by atoms with Crippen molar-refractivity contribution in [3.8, 4) is 0 Å². The summed E-state index contributed by atoms with van der Waals surface area (Å²) >= 11 is 0. The van der Waals surface area contributed by atoms with E-state index in [4.69, 9.17) is 4.74 Å². The predicted molar refractivity (Wildman–Crippen MR) is 65.7 cm³/mol. The highest BCUT2D eigenvalue weighted by atomic mass is 16.5. The van der Waals surface area contributed by atoms with Gasteiger partial charge in [-0.3, -0.25) is 4.79 Å². The molecule has 1 aromatic carbocycles. The fourth-order valence-electron chi connectivity index (χ4n) is 3.19. The van der Waals surface area contributed by atoms with Crippen LogP contribution < -0.4 is 5.32 Å². The molecule has 1 amide bonds. The first-order valence-electron chi connectivity index (χ1n) is 6.20. The van der Waals surface area contributed by atoms with E-state index in [1.807, 2.05) is 31.2 Å². The van der Waals surface area contributed by atoms with Gasteiger partial charge in [0.15, 0.2) is 5.60 Å². The molecule has 0 radical (unpaired) electrons. The van der Waals surface area contributed by atoms with Gasteiger partial charge in [0.2, 0.25) is 0 Å². The molecule has 1 saturated heterocycles. The van der Waals surface area contributed by atoms with Gasteiger partial charge in [0.05, 0.1) is 6.10 Å². The minimum Gasteiger partial charge on any atom is -0.357 e. The Morgan fingerprint density at radius 1 is 1.35 bits per heavy atom. The van der Waals surface area contributed by atoms with Gasteiger partial charge in [0.25, 0.3) is 5.91 Å². The largest absolute Gasteiger partial charge is 0.357 e. The maximum Gasteiger partial charge on any atom is 0.261 e. The zero-order valence-electron chi connectivity index (χ0n) is 10.2. The monoisotopic (exact) mass is 231 g/mol. The van der Waals surface area contributed by atoms with Crippen LogP contribution in [0.2, 0.25) is 0 Å². The van der Waals surface area contributed by atoms with Crippen LogP contribution in [-0.2, 0) is 15.1 Å². The Morgan fingerprint density at radius 3 is 2.88 bits per heavy atom. The van der Waals surface area contributed by atoms with E-state index in [-0.39, 0.29) is 12.0 Å². The van der Waals surface area contributed by atoms with Crippen molar-refractivity contribution in [2.24, 2.45) is 5.92 Å². The molecule has 3 nitrogen and oxygen atoms in total. The molecule has 1 spiro atoms. The second-order valence-corrected chi connectivity index (χ2v) is 5.30. The van der Waals surface area contributed by atoms with Gasteiger partial charge < -0.3 is 10.1 Å². The number of fused-ring (bicyclic) bond motifs is 2. The van der Waals surface area contributed by atoms with Crippen LogP contribution in [0.15, 0.2) is 24.3 Å². The van der Waals surface area contributed by atoms with E-state index in [2.05, 4.69) is 12.2 Å². The summed E-state index contributed by atoms with van der Waals surface area (Å²) in [6.45, 7) is 4.24. The molecule has 0 bridgehead atoms. The van der Waals surface area contributed by atoms with E-state index in [1.54, 1.807) is 0 Å². The van der Waals surface area contributed by atoms with Crippen LogP contribution >= 0.6 is 0 Å². The molecule has 0 saturated carbocycles. The van der Waals surface area contributed by atoms with Crippen LogP contribution in [0, 0.1) is 5.92 Å². The summed E-state index contributed by atoms with van der Waals surface area (Å²) in [6, 6.07) is 7.84. The fourth-order valence-corrected chi connectivity index (χ4v) is 3.19. The van der Waals surface area contributed by atoms with Crippen molar-refractivity contribution >= 4 is 11.6 Å². The van der Waals surface area contributed by atoms with Crippen molar-refractivity contribution in [2.45, 2.75) is 38.4 Å². The minimum absolute atomic E-state index is 0.00269. The molecule has 90 valence electrons. The van der Waals surface area contributed by atoms with Crippen LogP contribution in [0.1, 0.15) is 32.3 Å². The van der Waals surface area contributed by atoms with Gasteiger partial charge in [0, 0.05) is 11.3 Å². The van der Waals surface area contributed by atoms with Crippen molar-refractivity contribution in [3.05, 3.63) is 29.8 Å². The van der Waals surface area contributed by atoms with Gasteiger partial charge in [-0.05, 0) is 31.7 Å². The highest BCUT2D eigenvalue weighted by Gasteiger charge is 2.51. The van der Waals surface area contributed by atoms with E-state index >= 15 is 0 Å². The normalized spacial score (nSPS) is 35.8. The molecular weight excluding hydrogens is 214 g/mol. The van der Waals surface area contributed by atoms with Gasteiger partial charge in [-0.2, -0.15) is 0 Å². The third kappa shape index (κ3) is 1.49. The molecule has 17 heavy (non-hydrogen) atoms. The number of carbonyl (C=O) groups is 1. The minimum atomic E-state index is -0.742. The molecule has 1 N–H and O–H groups in total. The number of hydrogen-bond acceptors (Lipinski definition) is 2. The second kappa shape index (κ2) is 3.57. The Hall–Kier alpha value is -1.35. The number of anilines is 1. The SMILES string of the molecule is C[C@H]1C[C@@H](C)O[C@@]2(C1)C(=O)Nc1ccccc12. The Kier molecular flexibility index (Phi) is 2.26. The average Bonchev–Trinajstić information content (AvgIpc) is 2.51. The standard InChI is InChI=1S/C14H17NO2/c1-9-7-10(2)17-14(8-9)11-5-3-4-6-12(11)15-13(14)16/h3-6,9-10H,7-8H2,1-2H3,(H,15,16)/t9-,10+,14+/m0/s1. The molecule has 0 unspecified atom stereocenters. The molecule has 3 rings (SSSR count). The van der Waals surface area contributed by atoms with Gasteiger partial charge in [0.1, 0.15) is 0 Å². The van der Waals surface area contributed by atoms with Crippen molar-refractivity contribution in [2.75, 3.05) is 5.32 Å². The quantitative estimate of drug-likeness (QED) is 0.745. The lowest BCUT2D eigenvalue weighted by Crippen LogP contribution is -2.45. The summed E-state index contributed by atoms with van der Waals surface area (Å²) in [5.41, 5.74) is 1.16. The van der Waals surface area contributed by atoms with Crippen molar-refractivity contribution in [1.29, 1.82) is 0 Å². The van der Waals surface area contributed by atoms with Gasteiger partial charge in [-0.15, -0.1) is 0 Å². The third-order valence-electron chi connectivity index (χ3n) is 3.75. The third-order valence-corrected chi connectivity index (χ3v) is 3.75. The van der Waals surface area contributed by atoms with Crippen molar-refractivity contribution in [1.82, 2.24) is 0 Å². The summed E-state index contributed by atoms with van der Waals surface area (Å²) in [4.78, 5) is 12.3.